The molecule has 1 heterocycles. The van der Waals surface area contributed by atoms with Crippen LogP contribution in [0.25, 0.3) is 0 Å². The van der Waals surface area contributed by atoms with Crippen molar-refractivity contribution < 1.29 is 19.1 Å². The van der Waals surface area contributed by atoms with Crippen LogP contribution < -0.4 is 10.5 Å². The van der Waals surface area contributed by atoms with Gasteiger partial charge in [-0.2, -0.15) is 0 Å². The fourth-order valence-corrected chi connectivity index (χ4v) is 5.07. The Morgan fingerprint density at radius 3 is 2.58 bits per heavy atom. The molecule has 0 saturated heterocycles. The lowest BCUT2D eigenvalue weighted by Gasteiger charge is -2.27. The van der Waals surface area contributed by atoms with Gasteiger partial charge in [-0.25, -0.2) is 4.99 Å². The van der Waals surface area contributed by atoms with Crippen molar-refractivity contribution in [3.05, 3.63) is 59.7 Å². The quantitative estimate of drug-likeness (QED) is 0.265. The smallest absolute Gasteiger partial charge is 0.325 e. The number of esters is 1. The predicted octanol–water partition coefficient (Wildman–Crippen LogP) is 4.57. The van der Waals surface area contributed by atoms with Gasteiger partial charge in [0.2, 0.25) is 5.91 Å². The zero-order valence-electron chi connectivity index (χ0n) is 22.4. The van der Waals surface area contributed by atoms with Crippen LogP contribution in [0.4, 0.5) is 5.69 Å². The Labute approximate surface area is 225 Å². The third kappa shape index (κ3) is 7.97. The minimum atomic E-state index is -0.339. The number of amides is 1. The van der Waals surface area contributed by atoms with Gasteiger partial charge in [-0.1, -0.05) is 56.0 Å². The molecule has 0 aromatic heterocycles. The average Bonchev–Trinajstić information content (AvgIpc) is 3.21. The molecule has 0 bridgehead atoms. The molecular weight excluding hydrogens is 480 g/mol. The molecule has 2 N–H and O–H groups in total. The first kappa shape index (κ1) is 27.5. The molecule has 0 atom stereocenters. The van der Waals surface area contributed by atoms with Gasteiger partial charge in [0.05, 0.1) is 18.9 Å². The monoisotopic (exact) mass is 520 g/mol. The number of fused-ring (bicyclic) bond motifs is 1. The number of rotatable bonds is 11. The summed E-state index contributed by atoms with van der Waals surface area (Å²) in [6.07, 6.45) is 9.04. The number of carbonyl (C=O) groups excluding carboxylic acids is 2. The highest BCUT2D eigenvalue weighted by molar-refractivity contribution is 5.87. The molecule has 8 nitrogen and oxygen atoms in total. The summed E-state index contributed by atoms with van der Waals surface area (Å²) < 4.78 is 11.4. The Bertz CT molecular complexity index is 1100. The van der Waals surface area contributed by atoms with Gasteiger partial charge in [0.1, 0.15) is 12.3 Å². The Morgan fingerprint density at radius 2 is 1.82 bits per heavy atom. The van der Waals surface area contributed by atoms with Crippen LogP contribution in [-0.4, -0.2) is 60.5 Å². The SMILES string of the molecule is CN(C(=O)CCCOc1ccc2c(c1)CN(CC(=O)OCCc1ccccc1)C(N)=N2)C1CCCCCC1. The Morgan fingerprint density at radius 1 is 1.05 bits per heavy atom. The van der Waals surface area contributed by atoms with E-state index in [0.29, 0.717) is 51.0 Å². The molecule has 0 spiro atoms. The molecule has 4 rings (SSSR count). The number of carbonyl (C=O) groups is 2. The topological polar surface area (TPSA) is 97.5 Å². The Hall–Kier alpha value is -3.55. The second-order valence-corrected chi connectivity index (χ2v) is 10.2. The van der Waals surface area contributed by atoms with Crippen LogP contribution in [-0.2, 0) is 27.3 Å². The van der Waals surface area contributed by atoms with E-state index in [4.69, 9.17) is 15.2 Å². The fourth-order valence-electron chi connectivity index (χ4n) is 5.07. The summed E-state index contributed by atoms with van der Waals surface area (Å²) in [7, 11) is 1.94. The van der Waals surface area contributed by atoms with E-state index in [1.54, 1.807) is 4.90 Å². The number of benzene rings is 2. The summed E-state index contributed by atoms with van der Waals surface area (Å²) in [5.74, 6) is 0.868. The Kier molecular flexibility index (Phi) is 10.0. The molecular formula is C30H40N4O4. The summed E-state index contributed by atoms with van der Waals surface area (Å²) in [5, 5.41) is 0. The largest absolute Gasteiger partial charge is 0.494 e. The van der Waals surface area contributed by atoms with Gasteiger partial charge in [0, 0.05) is 38.0 Å². The lowest BCUT2D eigenvalue weighted by molar-refractivity contribution is -0.144. The normalized spacial score (nSPS) is 15.7. The zero-order valence-corrected chi connectivity index (χ0v) is 22.4. The minimum absolute atomic E-state index is 0.0330. The zero-order chi connectivity index (χ0) is 26.7. The number of nitrogens with two attached hydrogens (primary N) is 1. The van der Waals surface area contributed by atoms with Crippen LogP contribution in [0.15, 0.2) is 53.5 Å². The van der Waals surface area contributed by atoms with Crippen molar-refractivity contribution in [1.82, 2.24) is 9.80 Å². The first-order valence-electron chi connectivity index (χ1n) is 13.8. The van der Waals surface area contributed by atoms with Crippen molar-refractivity contribution in [2.45, 2.75) is 70.4 Å². The van der Waals surface area contributed by atoms with Crippen molar-refractivity contribution in [3.8, 4) is 5.75 Å². The van der Waals surface area contributed by atoms with Gasteiger partial charge in [-0.3, -0.25) is 9.59 Å². The van der Waals surface area contributed by atoms with Crippen LogP contribution in [0, 0.1) is 0 Å². The van der Waals surface area contributed by atoms with Gasteiger partial charge in [0.15, 0.2) is 5.96 Å². The van der Waals surface area contributed by atoms with Crippen molar-refractivity contribution in [1.29, 1.82) is 0 Å². The number of hydrogen-bond donors (Lipinski definition) is 1. The maximum absolute atomic E-state index is 12.7. The molecule has 8 heteroatoms. The first-order chi connectivity index (χ1) is 18.5. The van der Waals surface area contributed by atoms with E-state index in [2.05, 4.69) is 4.99 Å². The molecule has 2 aromatic rings. The molecule has 1 fully saturated rings. The lowest BCUT2D eigenvalue weighted by atomic mass is 10.1. The second kappa shape index (κ2) is 13.8. The van der Waals surface area contributed by atoms with Gasteiger partial charge in [-0.05, 0) is 43.0 Å². The van der Waals surface area contributed by atoms with Crippen molar-refractivity contribution in [2.24, 2.45) is 10.7 Å². The van der Waals surface area contributed by atoms with Crippen LogP contribution in [0.1, 0.15) is 62.5 Å². The average molecular weight is 521 g/mol. The molecule has 38 heavy (non-hydrogen) atoms. The van der Waals surface area contributed by atoms with Crippen LogP contribution in [0.5, 0.6) is 5.75 Å². The second-order valence-electron chi connectivity index (χ2n) is 10.2. The molecule has 1 saturated carbocycles. The van der Waals surface area contributed by atoms with Gasteiger partial charge >= 0.3 is 5.97 Å². The van der Waals surface area contributed by atoms with E-state index in [1.807, 2.05) is 60.5 Å². The molecule has 0 unspecified atom stereocenters. The summed E-state index contributed by atoms with van der Waals surface area (Å²) in [6, 6.07) is 16.0. The van der Waals surface area contributed by atoms with Gasteiger partial charge in [-0.15, -0.1) is 0 Å². The fraction of sp³-hybridized carbons (Fsp3) is 0.500. The number of ether oxygens (including phenoxy) is 2. The number of nitrogens with zero attached hydrogens (tertiary/aromatic N) is 3. The molecule has 2 aromatic carbocycles. The molecule has 1 aliphatic heterocycles. The summed E-state index contributed by atoms with van der Waals surface area (Å²) >= 11 is 0. The standard InChI is InChI=1S/C30H40N4O4/c1-33(25-12-7-2-3-8-13-25)28(35)14-9-18-37-26-15-16-27-24(20-26)21-34(30(31)32-27)22-29(36)38-19-17-23-10-5-4-6-11-23/h4-6,10-11,15-16,20,25H,2-3,7-9,12-14,17-19,21-22H2,1H3,(H2,31,32). The molecule has 2 aliphatic rings. The highest BCUT2D eigenvalue weighted by Crippen LogP contribution is 2.29. The van der Waals surface area contributed by atoms with E-state index >= 15 is 0 Å². The third-order valence-electron chi connectivity index (χ3n) is 7.36. The number of guanidine groups is 1. The van der Waals surface area contributed by atoms with Crippen LogP contribution >= 0.6 is 0 Å². The highest BCUT2D eigenvalue weighted by atomic mass is 16.5. The molecule has 204 valence electrons. The maximum Gasteiger partial charge on any atom is 0.325 e. The van der Waals surface area contributed by atoms with Gasteiger partial charge in [0.25, 0.3) is 0 Å². The van der Waals surface area contributed by atoms with Crippen molar-refractivity contribution >= 4 is 23.5 Å². The molecule has 1 amide bonds. The van der Waals surface area contributed by atoms with E-state index in [0.717, 1.165) is 35.4 Å². The Balaban J connectivity index is 1.21. The number of hydrogen-bond acceptors (Lipinski definition) is 7. The van der Waals surface area contributed by atoms with Gasteiger partial charge < -0.3 is 25.0 Å². The molecule has 0 radical (unpaired) electrons. The van der Waals surface area contributed by atoms with E-state index in [9.17, 15) is 9.59 Å². The van der Waals surface area contributed by atoms with Crippen LogP contribution in [0.2, 0.25) is 0 Å². The van der Waals surface area contributed by atoms with E-state index < -0.39 is 0 Å². The van der Waals surface area contributed by atoms with Crippen molar-refractivity contribution in [3.63, 3.8) is 0 Å². The molecule has 1 aliphatic carbocycles. The summed E-state index contributed by atoms with van der Waals surface area (Å²) in [6.45, 7) is 1.26. The van der Waals surface area contributed by atoms with Crippen molar-refractivity contribution in [2.75, 3.05) is 26.8 Å². The van der Waals surface area contributed by atoms with Crippen LogP contribution in [0.3, 0.4) is 0 Å². The number of aliphatic imine (C=N–C) groups is 1. The highest BCUT2D eigenvalue weighted by Gasteiger charge is 2.22. The van der Waals surface area contributed by atoms with E-state index in [1.165, 1.54) is 25.7 Å². The summed E-state index contributed by atoms with van der Waals surface area (Å²) in [4.78, 5) is 33.1. The first-order valence-corrected chi connectivity index (χ1v) is 13.8. The van der Waals surface area contributed by atoms with E-state index in [-0.39, 0.29) is 18.4 Å². The summed E-state index contributed by atoms with van der Waals surface area (Å²) in [5.41, 5.74) is 8.93. The predicted molar refractivity (Wildman–Crippen MR) is 148 cm³/mol. The minimum Gasteiger partial charge on any atom is -0.494 e. The maximum atomic E-state index is 12.7. The third-order valence-corrected chi connectivity index (χ3v) is 7.36. The lowest BCUT2D eigenvalue weighted by Crippen LogP contribution is -2.42.